The normalized spacial score (nSPS) is 14.9. The smallest absolute Gasteiger partial charge is 0.326 e. The van der Waals surface area contributed by atoms with Crippen LogP contribution in [0.5, 0.6) is 5.75 Å². The van der Waals surface area contributed by atoms with Crippen molar-refractivity contribution in [1.82, 2.24) is 14.9 Å². The molecule has 0 aliphatic carbocycles. The fourth-order valence-corrected chi connectivity index (χ4v) is 2.70. The van der Waals surface area contributed by atoms with Gasteiger partial charge in [-0.05, 0) is 17.7 Å². The number of rotatable bonds is 4. The minimum atomic E-state index is -0.110. The molecule has 2 N–H and O–H groups in total. The Balaban J connectivity index is 0.00000104. The number of imidazole rings is 1. The minimum absolute atomic E-state index is 0. The molecule has 2 heterocycles. The molecule has 0 bridgehead atoms. The molecule has 4 rings (SSSR count). The quantitative estimate of drug-likeness (QED) is 0.776. The predicted octanol–water partition coefficient (Wildman–Crippen LogP) is 2.22. The van der Waals surface area contributed by atoms with Crippen LogP contribution in [0.4, 0.5) is 0 Å². The molecule has 22 heavy (non-hydrogen) atoms. The largest absolute Gasteiger partial charge is 0.486 e. The Morgan fingerprint density at radius 3 is 2.68 bits per heavy atom. The predicted molar refractivity (Wildman–Crippen MR) is 89.6 cm³/mol. The average molecular weight is 299 g/mol. The molecule has 5 heteroatoms. The molecule has 0 atom stereocenters. The fraction of sp³-hybridized carbons (Fsp3) is 0.235. The maximum absolute atomic E-state index is 12.3. The third kappa shape index (κ3) is 2.29. The average Bonchev–Trinajstić information content (AvgIpc) is 2.81. The summed E-state index contributed by atoms with van der Waals surface area (Å²) in [5, 5.41) is 3.18. The number of ether oxygens (including phenoxy) is 1. The topological polar surface area (TPSA) is 59.1 Å². The summed E-state index contributed by atoms with van der Waals surface area (Å²) in [6.45, 7) is 2.25. The van der Waals surface area contributed by atoms with Gasteiger partial charge in [0, 0.05) is 15.9 Å². The van der Waals surface area contributed by atoms with Crippen molar-refractivity contribution in [2.75, 3.05) is 13.1 Å². The van der Waals surface area contributed by atoms with Crippen LogP contribution >= 0.6 is 0 Å². The van der Waals surface area contributed by atoms with Gasteiger partial charge in [0.1, 0.15) is 17.4 Å². The van der Waals surface area contributed by atoms with Crippen molar-refractivity contribution in [3.8, 4) is 5.75 Å². The van der Waals surface area contributed by atoms with Gasteiger partial charge in [-0.25, -0.2) is 4.79 Å². The molecular formula is C17H21N3O2. The lowest BCUT2D eigenvalue weighted by Gasteiger charge is -2.27. The van der Waals surface area contributed by atoms with Gasteiger partial charge in [-0.2, -0.15) is 0 Å². The highest BCUT2D eigenvalue weighted by molar-refractivity contribution is 5.82. The number of nitrogens with zero attached hydrogens (tertiary/aromatic N) is 1. The van der Waals surface area contributed by atoms with E-state index in [-0.39, 0.29) is 14.6 Å². The number of para-hydroxylation sites is 1. The van der Waals surface area contributed by atoms with Gasteiger partial charge >= 0.3 is 5.69 Å². The van der Waals surface area contributed by atoms with Crippen LogP contribution in [0.1, 0.15) is 8.42 Å². The molecule has 1 fully saturated rings. The molecule has 1 saturated heterocycles. The maximum Gasteiger partial charge on any atom is 0.326 e. The van der Waals surface area contributed by atoms with Crippen LogP contribution in [0.25, 0.3) is 11.0 Å². The van der Waals surface area contributed by atoms with Crippen molar-refractivity contribution in [3.05, 3.63) is 64.6 Å². The highest BCUT2D eigenvalue weighted by Gasteiger charge is 2.20. The number of benzene rings is 2. The zero-order valence-electron chi connectivity index (χ0n) is 12.1. The van der Waals surface area contributed by atoms with E-state index in [1.54, 1.807) is 4.57 Å². The van der Waals surface area contributed by atoms with Crippen LogP contribution in [0.2, 0.25) is 0 Å². The molecule has 116 valence electrons. The van der Waals surface area contributed by atoms with E-state index in [9.17, 15) is 4.79 Å². The van der Waals surface area contributed by atoms with E-state index in [1.807, 2.05) is 48.5 Å². The Morgan fingerprint density at radius 2 is 1.95 bits per heavy atom. The second kappa shape index (κ2) is 5.35. The van der Waals surface area contributed by atoms with Gasteiger partial charge in [-0.15, -0.1) is 0 Å². The fourth-order valence-electron chi connectivity index (χ4n) is 2.70. The molecule has 2 aromatic carbocycles. The van der Waals surface area contributed by atoms with Crippen molar-refractivity contribution in [2.45, 2.75) is 12.6 Å². The van der Waals surface area contributed by atoms with Gasteiger partial charge in [-0.1, -0.05) is 36.4 Å². The molecule has 0 spiro atoms. The minimum Gasteiger partial charge on any atom is -0.486 e. The maximum atomic E-state index is 12.3. The third-order valence-corrected chi connectivity index (χ3v) is 3.99. The first-order valence-corrected chi connectivity index (χ1v) is 7.44. The highest BCUT2D eigenvalue weighted by atomic mass is 16.5. The van der Waals surface area contributed by atoms with Gasteiger partial charge in [0.15, 0.2) is 0 Å². The highest BCUT2D eigenvalue weighted by Crippen LogP contribution is 2.24. The molecule has 1 aromatic heterocycles. The van der Waals surface area contributed by atoms with E-state index < -0.39 is 0 Å². The summed E-state index contributed by atoms with van der Waals surface area (Å²) in [5.41, 5.74) is 2.63. The van der Waals surface area contributed by atoms with Crippen LogP contribution in [0.3, 0.4) is 0 Å². The Labute approximate surface area is 130 Å². The van der Waals surface area contributed by atoms with Crippen molar-refractivity contribution in [3.63, 3.8) is 0 Å². The van der Waals surface area contributed by atoms with E-state index in [4.69, 9.17) is 4.74 Å². The van der Waals surface area contributed by atoms with Crippen LogP contribution in [-0.2, 0) is 6.54 Å². The van der Waals surface area contributed by atoms with Gasteiger partial charge in [0.05, 0.1) is 12.1 Å². The molecule has 0 unspecified atom stereocenters. The van der Waals surface area contributed by atoms with Crippen LogP contribution in [0.15, 0.2) is 53.3 Å². The van der Waals surface area contributed by atoms with E-state index in [1.165, 1.54) is 0 Å². The molecule has 1 aliphatic heterocycles. The zero-order chi connectivity index (χ0) is 14.9. The summed E-state index contributed by atoms with van der Waals surface area (Å²) < 4.78 is 7.68. The number of nitrogens with one attached hydrogen (secondary N) is 2. The second-order valence-electron chi connectivity index (χ2n) is 5.55. The number of aromatic nitrogens is 2. The lowest BCUT2D eigenvalue weighted by molar-refractivity contribution is 0.144. The van der Waals surface area contributed by atoms with Gasteiger partial charge < -0.3 is 15.0 Å². The zero-order valence-corrected chi connectivity index (χ0v) is 12.1. The summed E-state index contributed by atoms with van der Waals surface area (Å²) in [4.78, 5) is 15.2. The summed E-state index contributed by atoms with van der Waals surface area (Å²) in [5.74, 6) is 0.743. The monoisotopic (exact) mass is 299 g/mol. The van der Waals surface area contributed by atoms with Gasteiger partial charge in [-0.3, -0.25) is 4.57 Å². The van der Waals surface area contributed by atoms with Crippen molar-refractivity contribution >= 4 is 11.0 Å². The molecule has 0 saturated carbocycles. The van der Waals surface area contributed by atoms with Crippen molar-refractivity contribution < 1.29 is 7.59 Å². The number of H-pyrrole nitrogens is 1. The molecular weight excluding hydrogens is 278 g/mol. The Hall–Kier alpha value is -2.53. The molecule has 5 nitrogen and oxygen atoms in total. The summed E-state index contributed by atoms with van der Waals surface area (Å²) >= 11 is 0. The van der Waals surface area contributed by atoms with E-state index >= 15 is 0 Å². The lowest BCUT2D eigenvalue weighted by atomic mass is 10.2. The number of fused-ring (bicyclic) bond motifs is 1. The standard InChI is InChI=1S/C17H17N3O2.2H2/c21-17-19-16-14(20(17)11-12-5-2-1-3-6-12)7-4-8-15(16)22-13-9-18-10-13;;/h1-8,13,18H,9-11H2,(H,19,21);2*1H. The van der Waals surface area contributed by atoms with Crippen LogP contribution in [-0.4, -0.2) is 28.7 Å². The van der Waals surface area contributed by atoms with Gasteiger partial charge in [0.2, 0.25) is 0 Å². The lowest BCUT2D eigenvalue weighted by Crippen LogP contribution is -2.50. The SMILES string of the molecule is O=c1[nH]c2c(OC3CNC3)cccc2n1Cc1ccccc1.[HH].[HH]. The summed E-state index contributed by atoms with van der Waals surface area (Å²) in [6, 6.07) is 15.8. The molecule has 0 radical (unpaired) electrons. The Bertz CT molecular complexity index is 857. The molecule has 1 aliphatic rings. The van der Waals surface area contributed by atoms with E-state index in [2.05, 4.69) is 10.3 Å². The van der Waals surface area contributed by atoms with Crippen LogP contribution < -0.4 is 15.7 Å². The first-order valence-electron chi connectivity index (χ1n) is 7.44. The Kier molecular flexibility index (Phi) is 3.20. The van der Waals surface area contributed by atoms with Crippen LogP contribution in [0, 0.1) is 0 Å². The molecule has 0 amide bonds. The molecule has 3 aromatic rings. The summed E-state index contributed by atoms with van der Waals surface area (Å²) in [7, 11) is 0. The Morgan fingerprint density at radius 1 is 1.14 bits per heavy atom. The number of hydrogen-bond acceptors (Lipinski definition) is 3. The first kappa shape index (κ1) is 13.2. The third-order valence-electron chi connectivity index (χ3n) is 3.99. The number of hydrogen-bond donors (Lipinski definition) is 2. The van der Waals surface area contributed by atoms with Crippen molar-refractivity contribution in [1.29, 1.82) is 0 Å². The van der Waals surface area contributed by atoms with Crippen molar-refractivity contribution in [2.24, 2.45) is 0 Å². The van der Waals surface area contributed by atoms with E-state index in [0.717, 1.165) is 35.4 Å². The van der Waals surface area contributed by atoms with Gasteiger partial charge in [0.25, 0.3) is 0 Å². The second-order valence-corrected chi connectivity index (χ2v) is 5.55. The first-order chi connectivity index (χ1) is 10.8. The number of aromatic amines is 1. The summed E-state index contributed by atoms with van der Waals surface area (Å²) in [6.07, 6.45) is 0.187. The van der Waals surface area contributed by atoms with E-state index in [0.29, 0.717) is 6.54 Å².